The highest BCUT2D eigenvalue weighted by Crippen LogP contribution is 2.20. The molecule has 0 atom stereocenters. The Balaban J connectivity index is 1.95. The molecule has 1 aromatic heterocycles. The van der Waals surface area contributed by atoms with Crippen LogP contribution in [0.15, 0.2) is 59.4 Å². The van der Waals surface area contributed by atoms with Crippen LogP contribution >= 0.6 is 0 Å². The maximum atomic E-state index is 12.6. The zero-order chi connectivity index (χ0) is 18.7. The van der Waals surface area contributed by atoms with Gasteiger partial charge in [-0.15, -0.1) is 0 Å². The third-order valence-corrected chi connectivity index (χ3v) is 3.94. The number of hydrogen-bond acceptors (Lipinski definition) is 5. The zero-order valence-electron chi connectivity index (χ0n) is 14.4. The Labute approximate surface area is 149 Å². The molecule has 2 aromatic carbocycles. The van der Waals surface area contributed by atoms with Gasteiger partial charge in [0.25, 0.3) is 5.56 Å². The lowest BCUT2D eigenvalue weighted by Gasteiger charge is -2.11. The molecule has 0 bridgehead atoms. The minimum absolute atomic E-state index is 0.0879. The molecular weight excluding hydrogens is 334 g/mol. The summed E-state index contributed by atoms with van der Waals surface area (Å²) in [5.74, 6) is 0.428. The van der Waals surface area contributed by atoms with Crippen LogP contribution in [0.25, 0.3) is 10.9 Å². The summed E-state index contributed by atoms with van der Waals surface area (Å²) < 4.78 is 11.5. The summed E-state index contributed by atoms with van der Waals surface area (Å²) in [4.78, 5) is 35.9. The van der Waals surface area contributed by atoms with Gasteiger partial charge in [-0.25, -0.2) is 0 Å². The molecule has 0 unspecified atom stereocenters. The van der Waals surface area contributed by atoms with E-state index in [1.807, 2.05) is 0 Å². The van der Waals surface area contributed by atoms with E-state index < -0.39 is 5.97 Å². The van der Waals surface area contributed by atoms with E-state index in [1.165, 1.54) is 17.6 Å². The van der Waals surface area contributed by atoms with Crippen LogP contribution in [0.5, 0.6) is 11.5 Å². The van der Waals surface area contributed by atoms with Gasteiger partial charge in [0.1, 0.15) is 11.5 Å². The summed E-state index contributed by atoms with van der Waals surface area (Å²) in [6, 6.07) is 14.7. The molecule has 1 heterocycles. The number of esters is 1. The van der Waals surface area contributed by atoms with Crippen molar-refractivity contribution in [3.63, 3.8) is 0 Å². The number of hydrogen-bond donors (Lipinski definition) is 0. The number of ketones is 1. The van der Waals surface area contributed by atoms with Crippen molar-refractivity contribution in [2.75, 3.05) is 7.11 Å². The molecule has 0 aliphatic rings. The average Bonchev–Trinajstić information content (AvgIpc) is 2.63. The fraction of sp³-hybridized carbons (Fsp3) is 0.150. The molecule has 0 spiro atoms. The fourth-order valence-electron chi connectivity index (χ4n) is 2.69. The van der Waals surface area contributed by atoms with Crippen LogP contribution in [-0.4, -0.2) is 23.4 Å². The van der Waals surface area contributed by atoms with Crippen molar-refractivity contribution in [2.45, 2.75) is 13.5 Å². The van der Waals surface area contributed by atoms with Crippen LogP contribution < -0.4 is 15.0 Å². The molecular formula is C20H17NO5. The smallest absolute Gasteiger partial charge is 0.308 e. The SMILES string of the molecule is COc1ccc(C(=O)Cn2c(=O)ccc3cc(OC(C)=O)ccc32)cc1. The van der Waals surface area contributed by atoms with Gasteiger partial charge in [0.15, 0.2) is 5.78 Å². The molecule has 0 radical (unpaired) electrons. The van der Waals surface area contributed by atoms with Crippen molar-refractivity contribution in [2.24, 2.45) is 0 Å². The second kappa shape index (κ2) is 7.23. The number of pyridine rings is 1. The third kappa shape index (κ3) is 3.64. The zero-order valence-corrected chi connectivity index (χ0v) is 14.4. The first-order chi connectivity index (χ1) is 12.5. The second-order valence-electron chi connectivity index (χ2n) is 5.72. The van der Waals surface area contributed by atoms with Crippen molar-refractivity contribution in [3.8, 4) is 11.5 Å². The first kappa shape index (κ1) is 17.4. The highest BCUT2D eigenvalue weighted by molar-refractivity contribution is 5.97. The molecule has 6 heteroatoms. The van der Waals surface area contributed by atoms with Gasteiger partial charge in [0, 0.05) is 23.9 Å². The Morgan fingerprint density at radius 1 is 0.962 bits per heavy atom. The number of methoxy groups -OCH3 is 1. The van der Waals surface area contributed by atoms with Gasteiger partial charge < -0.3 is 14.0 Å². The number of aromatic nitrogens is 1. The summed E-state index contributed by atoms with van der Waals surface area (Å²) in [5, 5.41) is 0.700. The van der Waals surface area contributed by atoms with Gasteiger partial charge in [0.05, 0.1) is 19.2 Å². The molecule has 0 aliphatic heterocycles. The predicted octanol–water partition coefficient (Wildman–Crippen LogP) is 2.82. The lowest BCUT2D eigenvalue weighted by Crippen LogP contribution is -2.23. The predicted molar refractivity (Wildman–Crippen MR) is 96.8 cm³/mol. The number of carbonyl (C=O) groups is 2. The molecule has 6 nitrogen and oxygen atoms in total. The standard InChI is InChI=1S/C20H17NO5/c1-13(22)26-17-8-9-18-15(11-17)5-10-20(24)21(18)12-19(23)14-3-6-16(25-2)7-4-14/h3-11H,12H2,1-2H3. The molecule has 26 heavy (non-hydrogen) atoms. The molecule has 0 N–H and O–H groups in total. The quantitative estimate of drug-likeness (QED) is 0.401. The van der Waals surface area contributed by atoms with Gasteiger partial charge in [0.2, 0.25) is 0 Å². The van der Waals surface area contributed by atoms with Crippen molar-refractivity contribution >= 4 is 22.7 Å². The lowest BCUT2D eigenvalue weighted by molar-refractivity contribution is -0.131. The van der Waals surface area contributed by atoms with Crippen LogP contribution in [0, 0.1) is 0 Å². The molecule has 0 saturated carbocycles. The van der Waals surface area contributed by atoms with Crippen LogP contribution in [0.3, 0.4) is 0 Å². The first-order valence-electron chi connectivity index (χ1n) is 7.97. The number of fused-ring (bicyclic) bond motifs is 1. The average molecular weight is 351 g/mol. The largest absolute Gasteiger partial charge is 0.497 e. The summed E-state index contributed by atoms with van der Waals surface area (Å²) in [7, 11) is 1.55. The second-order valence-corrected chi connectivity index (χ2v) is 5.72. The van der Waals surface area contributed by atoms with Crippen molar-refractivity contribution in [1.82, 2.24) is 4.57 Å². The lowest BCUT2D eigenvalue weighted by atomic mass is 10.1. The van der Waals surface area contributed by atoms with Gasteiger partial charge in [-0.1, -0.05) is 0 Å². The number of carbonyl (C=O) groups excluding carboxylic acids is 2. The monoisotopic (exact) mass is 351 g/mol. The van der Waals surface area contributed by atoms with E-state index in [0.29, 0.717) is 28.0 Å². The van der Waals surface area contributed by atoms with Crippen LogP contribution in [0.1, 0.15) is 17.3 Å². The number of Topliss-reactive ketones (excluding diaryl/α,β-unsaturated/α-hetero) is 1. The Morgan fingerprint density at radius 3 is 2.31 bits per heavy atom. The molecule has 0 fully saturated rings. The minimum Gasteiger partial charge on any atom is -0.497 e. The van der Waals surface area contributed by atoms with Crippen molar-refractivity contribution < 1.29 is 19.1 Å². The highest BCUT2D eigenvalue weighted by Gasteiger charge is 2.11. The Morgan fingerprint density at radius 2 is 1.65 bits per heavy atom. The summed E-state index contributed by atoms with van der Waals surface area (Å²) in [5.41, 5.74) is 0.807. The Bertz CT molecular complexity index is 1030. The van der Waals surface area contributed by atoms with Gasteiger partial charge in [-0.05, 0) is 48.5 Å². The summed E-state index contributed by atoms with van der Waals surface area (Å²) in [6.45, 7) is 1.23. The molecule has 0 amide bonds. The van der Waals surface area contributed by atoms with Crippen LogP contribution in [0.4, 0.5) is 0 Å². The summed E-state index contributed by atoms with van der Waals surface area (Å²) in [6.07, 6.45) is 0. The van der Waals surface area contributed by atoms with Gasteiger partial charge >= 0.3 is 5.97 Å². The number of nitrogens with zero attached hydrogens (tertiary/aromatic N) is 1. The normalized spacial score (nSPS) is 10.5. The van der Waals surface area contributed by atoms with E-state index in [9.17, 15) is 14.4 Å². The number of rotatable bonds is 5. The number of benzene rings is 2. The maximum Gasteiger partial charge on any atom is 0.308 e. The van der Waals surface area contributed by atoms with Crippen LogP contribution in [-0.2, 0) is 11.3 Å². The van der Waals surface area contributed by atoms with E-state index in [0.717, 1.165) is 0 Å². The molecule has 0 saturated heterocycles. The molecule has 0 aliphatic carbocycles. The van der Waals surface area contributed by atoms with Crippen molar-refractivity contribution in [3.05, 3.63) is 70.5 Å². The van der Waals surface area contributed by atoms with Gasteiger partial charge in [-0.3, -0.25) is 14.4 Å². The Hall–Kier alpha value is -3.41. The van der Waals surface area contributed by atoms with E-state index >= 15 is 0 Å². The van der Waals surface area contributed by atoms with Crippen LogP contribution in [0.2, 0.25) is 0 Å². The van der Waals surface area contributed by atoms with E-state index in [1.54, 1.807) is 55.6 Å². The maximum absolute atomic E-state index is 12.6. The number of ether oxygens (including phenoxy) is 2. The molecule has 3 aromatic rings. The Kier molecular flexibility index (Phi) is 4.84. The topological polar surface area (TPSA) is 74.6 Å². The summed E-state index contributed by atoms with van der Waals surface area (Å²) >= 11 is 0. The fourth-order valence-corrected chi connectivity index (χ4v) is 2.69. The molecule has 132 valence electrons. The minimum atomic E-state index is -0.424. The van der Waals surface area contributed by atoms with Gasteiger partial charge in [-0.2, -0.15) is 0 Å². The third-order valence-electron chi connectivity index (χ3n) is 3.94. The van der Waals surface area contributed by atoms with E-state index in [2.05, 4.69) is 0 Å². The van der Waals surface area contributed by atoms with E-state index in [4.69, 9.17) is 9.47 Å². The van der Waals surface area contributed by atoms with E-state index in [-0.39, 0.29) is 17.9 Å². The molecule has 3 rings (SSSR count). The highest BCUT2D eigenvalue weighted by atomic mass is 16.5. The first-order valence-corrected chi connectivity index (χ1v) is 7.97. The van der Waals surface area contributed by atoms with Crippen molar-refractivity contribution in [1.29, 1.82) is 0 Å².